The second-order valence-corrected chi connectivity index (χ2v) is 6.51. The Hall–Kier alpha value is -0.920. The molecule has 0 amide bonds. The van der Waals surface area contributed by atoms with E-state index in [4.69, 9.17) is 24.5 Å². The van der Waals surface area contributed by atoms with Crippen LogP contribution in [-0.4, -0.2) is 57.1 Å². The molecule has 0 radical (unpaired) electrons. The summed E-state index contributed by atoms with van der Waals surface area (Å²) in [6, 6.07) is 0. The number of azide groups is 1. The topological polar surface area (TPSA) is 85.7 Å². The lowest BCUT2D eigenvalue weighted by atomic mass is 9.98. The summed E-state index contributed by atoms with van der Waals surface area (Å²) < 4.78 is 37.8. The van der Waals surface area contributed by atoms with Crippen molar-refractivity contribution < 1.29 is 23.3 Å². The molecule has 1 fully saturated rings. The summed E-state index contributed by atoms with van der Waals surface area (Å²) in [6.45, 7) is 7.66. The van der Waals surface area contributed by atoms with E-state index in [1.54, 1.807) is 0 Å². The summed E-state index contributed by atoms with van der Waals surface area (Å²) in [5.41, 5.74) is 8.61. The van der Waals surface area contributed by atoms with Gasteiger partial charge in [0.05, 0.1) is 12.6 Å². The van der Waals surface area contributed by atoms with Crippen LogP contribution in [-0.2, 0) is 18.9 Å². The zero-order chi connectivity index (χ0) is 19.2. The number of unbranched alkanes of at least 4 members (excludes halogenated alkanes) is 3. The molecule has 0 spiro atoms. The van der Waals surface area contributed by atoms with Gasteiger partial charge in [0.15, 0.2) is 0 Å². The molecule has 8 heteroatoms. The van der Waals surface area contributed by atoms with Gasteiger partial charge in [-0.1, -0.05) is 45.1 Å². The average molecular weight is 375 g/mol. The highest BCUT2D eigenvalue weighted by atomic mass is 19.1. The highest BCUT2D eigenvalue weighted by molar-refractivity contribution is 4.93. The fraction of sp³-hybridized carbons (Fsp3) is 1.00. The monoisotopic (exact) mass is 375 g/mol. The van der Waals surface area contributed by atoms with Crippen molar-refractivity contribution in [2.45, 2.75) is 90.1 Å². The smallest absolute Gasteiger partial charge is 0.228 e. The van der Waals surface area contributed by atoms with Gasteiger partial charge < -0.3 is 18.9 Å². The van der Waals surface area contributed by atoms with E-state index in [-0.39, 0.29) is 6.54 Å². The maximum Gasteiger partial charge on any atom is 0.228 e. The number of alkyl halides is 1. The van der Waals surface area contributed by atoms with Crippen LogP contribution in [0.3, 0.4) is 0 Å². The van der Waals surface area contributed by atoms with E-state index in [1.807, 2.05) is 0 Å². The average Bonchev–Trinajstić information content (AvgIpc) is 2.64. The number of rotatable bonds is 14. The van der Waals surface area contributed by atoms with Gasteiger partial charge >= 0.3 is 0 Å². The number of ether oxygens (including phenoxy) is 4. The van der Waals surface area contributed by atoms with E-state index in [1.165, 1.54) is 0 Å². The van der Waals surface area contributed by atoms with E-state index in [0.717, 1.165) is 38.5 Å². The van der Waals surface area contributed by atoms with Gasteiger partial charge in [0, 0.05) is 24.7 Å². The number of hydrogen-bond donors (Lipinski definition) is 0. The number of hydrogen-bond acceptors (Lipinski definition) is 5. The Labute approximate surface area is 156 Å². The summed E-state index contributed by atoms with van der Waals surface area (Å²) in [4.78, 5) is 2.76. The van der Waals surface area contributed by atoms with Crippen LogP contribution in [0.1, 0.15) is 59.3 Å². The van der Waals surface area contributed by atoms with Crippen molar-refractivity contribution in [1.82, 2.24) is 0 Å². The SMILES string of the molecule is CCCCOC1C(CN=[N+]=[N-])O[C@@H](F)C(OCCCC)C1OCCCC. The standard InChI is InChI=1S/C18H34FN3O4/c1-4-7-10-23-15-14(13-21-22-20)26-18(19)17(25-12-9-6-3)16(15)24-11-8-5-2/h14-18H,4-13H2,1-3H3/t14?,15?,16?,17?,18-/m1/s1. The maximum absolute atomic E-state index is 14.7. The molecule has 4 unspecified atom stereocenters. The third-order valence-corrected chi connectivity index (χ3v) is 4.33. The first-order valence-corrected chi connectivity index (χ1v) is 9.84. The molecule has 0 aromatic heterocycles. The highest BCUT2D eigenvalue weighted by Gasteiger charge is 2.48. The van der Waals surface area contributed by atoms with Gasteiger partial charge in [0.2, 0.25) is 6.36 Å². The van der Waals surface area contributed by atoms with Crippen molar-refractivity contribution in [3.05, 3.63) is 10.4 Å². The lowest BCUT2D eigenvalue weighted by Crippen LogP contribution is -2.60. The molecule has 7 nitrogen and oxygen atoms in total. The van der Waals surface area contributed by atoms with Crippen molar-refractivity contribution >= 4 is 0 Å². The van der Waals surface area contributed by atoms with Gasteiger partial charge in [-0.25, -0.2) is 4.39 Å². The molecule has 1 saturated heterocycles. The molecule has 1 heterocycles. The minimum absolute atomic E-state index is 0.00301. The van der Waals surface area contributed by atoms with Crippen LogP contribution in [0.5, 0.6) is 0 Å². The van der Waals surface area contributed by atoms with Crippen LogP contribution < -0.4 is 0 Å². The Morgan fingerprint density at radius 2 is 1.38 bits per heavy atom. The molecule has 0 aromatic carbocycles. The zero-order valence-corrected chi connectivity index (χ0v) is 16.3. The Bertz CT molecular complexity index is 410. The fourth-order valence-electron chi connectivity index (χ4n) is 2.79. The van der Waals surface area contributed by atoms with Crippen LogP contribution in [0.4, 0.5) is 4.39 Å². The van der Waals surface area contributed by atoms with Gasteiger partial charge in [-0.15, -0.1) is 0 Å². The van der Waals surface area contributed by atoms with Crippen molar-refractivity contribution in [3.63, 3.8) is 0 Å². The van der Waals surface area contributed by atoms with Crippen LogP contribution >= 0.6 is 0 Å². The van der Waals surface area contributed by atoms with Crippen LogP contribution in [0, 0.1) is 0 Å². The van der Waals surface area contributed by atoms with E-state index in [0.29, 0.717) is 19.8 Å². The van der Waals surface area contributed by atoms with E-state index >= 15 is 0 Å². The molecule has 1 aliphatic rings. The first kappa shape index (κ1) is 23.1. The summed E-state index contributed by atoms with van der Waals surface area (Å²) in [5.74, 6) is 0. The third-order valence-electron chi connectivity index (χ3n) is 4.33. The minimum atomic E-state index is -1.64. The first-order chi connectivity index (χ1) is 12.7. The summed E-state index contributed by atoms with van der Waals surface area (Å²) in [5, 5.41) is 3.55. The quantitative estimate of drug-likeness (QED) is 0.193. The molecule has 0 N–H and O–H groups in total. The second kappa shape index (κ2) is 14.2. The molecule has 152 valence electrons. The molecular formula is C18H34FN3O4. The van der Waals surface area contributed by atoms with E-state index in [9.17, 15) is 4.39 Å². The fourth-order valence-corrected chi connectivity index (χ4v) is 2.79. The highest BCUT2D eigenvalue weighted by Crippen LogP contribution is 2.30. The molecule has 1 rings (SSSR count). The molecule has 1 aliphatic heterocycles. The van der Waals surface area contributed by atoms with Gasteiger partial charge in [0.25, 0.3) is 0 Å². The molecular weight excluding hydrogens is 341 g/mol. The van der Waals surface area contributed by atoms with Gasteiger partial charge in [-0.05, 0) is 24.8 Å². The van der Waals surface area contributed by atoms with E-state index < -0.39 is 30.8 Å². The summed E-state index contributed by atoms with van der Waals surface area (Å²) in [7, 11) is 0. The molecule has 26 heavy (non-hydrogen) atoms. The lowest BCUT2D eigenvalue weighted by Gasteiger charge is -2.43. The molecule has 5 atom stereocenters. The molecule has 0 bridgehead atoms. The normalized spacial score (nSPS) is 28.7. The second-order valence-electron chi connectivity index (χ2n) is 6.51. The van der Waals surface area contributed by atoms with Crippen molar-refractivity contribution in [2.24, 2.45) is 5.11 Å². The van der Waals surface area contributed by atoms with Gasteiger partial charge in [0.1, 0.15) is 18.3 Å². The zero-order valence-electron chi connectivity index (χ0n) is 16.3. The Morgan fingerprint density at radius 1 is 0.885 bits per heavy atom. The van der Waals surface area contributed by atoms with Crippen molar-refractivity contribution in [1.29, 1.82) is 0 Å². The van der Waals surface area contributed by atoms with E-state index in [2.05, 4.69) is 30.8 Å². The number of nitrogens with zero attached hydrogens (tertiary/aromatic N) is 3. The Kier molecular flexibility index (Phi) is 12.6. The van der Waals surface area contributed by atoms with Crippen molar-refractivity contribution in [3.8, 4) is 0 Å². The minimum Gasteiger partial charge on any atom is -0.373 e. The predicted molar refractivity (Wildman–Crippen MR) is 97.7 cm³/mol. The molecule has 0 saturated carbocycles. The first-order valence-electron chi connectivity index (χ1n) is 9.84. The largest absolute Gasteiger partial charge is 0.373 e. The third kappa shape index (κ3) is 7.76. The van der Waals surface area contributed by atoms with Gasteiger partial charge in [-0.3, -0.25) is 0 Å². The van der Waals surface area contributed by atoms with Gasteiger partial charge in [-0.2, -0.15) is 0 Å². The van der Waals surface area contributed by atoms with Crippen LogP contribution in [0.15, 0.2) is 5.11 Å². The Morgan fingerprint density at radius 3 is 1.88 bits per heavy atom. The molecule has 0 aliphatic carbocycles. The lowest BCUT2D eigenvalue weighted by molar-refractivity contribution is -0.284. The van der Waals surface area contributed by atoms with Crippen molar-refractivity contribution in [2.75, 3.05) is 26.4 Å². The van der Waals surface area contributed by atoms with Crippen LogP contribution in [0.2, 0.25) is 0 Å². The molecule has 0 aromatic rings. The number of halogens is 1. The van der Waals surface area contributed by atoms with Crippen LogP contribution in [0.25, 0.3) is 10.4 Å². The summed E-state index contributed by atoms with van der Waals surface area (Å²) in [6.07, 6.45) is 1.25. The summed E-state index contributed by atoms with van der Waals surface area (Å²) >= 11 is 0. The maximum atomic E-state index is 14.7. The predicted octanol–water partition coefficient (Wildman–Crippen LogP) is 4.55. The Balaban J connectivity index is 2.91.